The van der Waals surface area contributed by atoms with Crippen LogP contribution in [-0.2, 0) is 17.9 Å². The highest BCUT2D eigenvalue weighted by atomic mass is 16.6. The van der Waals surface area contributed by atoms with Gasteiger partial charge < -0.3 is 14.7 Å². The molecule has 0 unspecified atom stereocenters. The van der Waals surface area contributed by atoms with E-state index in [0.29, 0.717) is 6.54 Å². The van der Waals surface area contributed by atoms with Crippen LogP contribution in [0.5, 0.6) is 0 Å². The van der Waals surface area contributed by atoms with Crippen molar-refractivity contribution in [3.05, 3.63) is 35.4 Å². The summed E-state index contributed by atoms with van der Waals surface area (Å²) >= 11 is 0. The van der Waals surface area contributed by atoms with Crippen LogP contribution in [0.25, 0.3) is 0 Å². The zero-order valence-corrected chi connectivity index (χ0v) is 12.1. The van der Waals surface area contributed by atoms with Crippen LogP contribution in [0.4, 0.5) is 4.79 Å². The van der Waals surface area contributed by atoms with Crippen molar-refractivity contribution < 1.29 is 14.6 Å². The third kappa shape index (κ3) is 4.91. The van der Waals surface area contributed by atoms with E-state index >= 15 is 0 Å². The van der Waals surface area contributed by atoms with Crippen molar-refractivity contribution >= 4 is 6.09 Å². The lowest BCUT2D eigenvalue weighted by atomic mass is 10.1. The van der Waals surface area contributed by atoms with Gasteiger partial charge >= 0.3 is 6.09 Å². The number of rotatable bonds is 5. The maximum Gasteiger partial charge on any atom is 0.410 e. The highest BCUT2D eigenvalue weighted by molar-refractivity contribution is 5.68. The molecule has 0 aliphatic rings. The Morgan fingerprint density at radius 3 is 2.11 bits per heavy atom. The number of hydrogen-bond acceptors (Lipinski definition) is 3. The van der Waals surface area contributed by atoms with Gasteiger partial charge in [0.2, 0.25) is 0 Å². The van der Waals surface area contributed by atoms with Crippen LogP contribution in [-0.4, -0.2) is 28.2 Å². The maximum atomic E-state index is 12.0. The van der Waals surface area contributed by atoms with Gasteiger partial charge in [0.05, 0.1) is 12.7 Å². The molecule has 0 fully saturated rings. The second-order valence-electron chi connectivity index (χ2n) is 5.13. The number of amides is 1. The molecule has 4 heteroatoms. The van der Waals surface area contributed by atoms with Gasteiger partial charge in [-0.2, -0.15) is 0 Å². The highest BCUT2D eigenvalue weighted by Gasteiger charge is 2.19. The molecule has 1 N–H and O–H groups in total. The molecule has 1 rings (SSSR count). The fourth-order valence-electron chi connectivity index (χ4n) is 1.67. The summed E-state index contributed by atoms with van der Waals surface area (Å²) in [5.41, 5.74) is 1.89. The predicted molar refractivity (Wildman–Crippen MR) is 74.7 cm³/mol. The van der Waals surface area contributed by atoms with E-state index < -0.39 is 0 Å². The molecule has 19 heavy (non-hydrogen) atoms. The number of carbonyl (C=O) groups excluding carboxylic acids is 1. The average Bonchev–Trinajstić information content (AvgIpc) is 2.35. The summed E-state index contributed by atoms with van der Waals surface area (Å²) in [4.78, 5) is 13.7. The lowest BCUT2D eigenvalue weighted by Crippen LogP contribution is -2.37. The van der Waals surface area contributed by atoms with Gasteiger partial charge in [-0.25, -0.2) is 4.79 Å². The molecule has 1 aromatic rings. The third-order valence-corrected chi connectivity index (χ3v) is 2.75. The maximum absolute atomic E-state index is 12.0. The first-order valence-corrected chi connectivity index (χ1v) is 6.60. The second-order valence-corrected chi connectivity index (χ2v) is 5.13. The number of ether oxygens (including phenoxy) is 1. The van der Waals surface area contributed by atoms with Gasteiger partial charge in [-0.15, -0.1) is 0 Å². The first-order valence-electron chi connectivity index (χ1n) is 6.60. The Hall–Kier alpha value is -1.55. The summed E-state index contributed by atoms with van der Waals surface area (Å²) in [6, 6.07) is 7.64. The molecule has 0 aliphatic heterocycles. The SMILES string of the molecule is CC(C)OC(=O)N(Cc1ccc(CO)cc1)C(C)C. The van der Waals surface area contributed by atoms with E-state index in [-0.39, 0.29) is 24.8 Å². The van der Waals surface area contributed by atoms with Crippen LogP contribution in [0.1, 0.15) is 38.8 Å². The number of aliphatic hydroxyl groups is 1. The minimum Gasteiger partial charge on any atom is -0.447 e. The minimum atomic E-state index is -0.295. The molecular formula is C15H23NO3. The summed E-state index contributed by atoms with van der Waals surface area (Å²) in [6.45, 7) is 8.14. The Balaban J connectivity index is 2.74. The Morgan fingerprint density at radius 1 is 1.16 bits per heavy atom. The number of aliphatic hydroxyl groups excluding tert-OH is 1. The molecule has 0 aliphatic carbocycles. The summed E-state index contributed by atoms with van der Waals surface area (Å²) < 4.78 is 5.24. The molecule has 0 heterocycles. The van der Waals surface area contributed by atoms with Crippen molar-refractivity contribution in [2.45, 2.75) is 53.0 Å². The first-order chi connectivity index (χ1) is 8.93. The van der Waals surface area contributed by atoms with E-state index in [2.05, 4.69) is 0 Å². The van der Waals surface area contributed by atoms with Crippen LogP contribution >= 0.6 is 0 Å². The van der Waals surface area contributed by atoms with Crippen molar-refractivity contribution in [3.8, 4) is 0 Å². The topological polar surface area (TPSA) is 49.8 Å². The van der Waals surface area contributed by atoms with Gasteiger partial charge in [0.1, 0.15) is 0 Å². The molecule has 106 valence electrons. The van der Waals surface area contributed by atoms with E-state index in [1.807, 2.05) is 52.0 Å². The molecule has 0 atom stereocenters. The van der Waals surface area contributed by atoms with Crippen molar-refractivity contribution in [1.29, 1.82) is 0 Å². The van der Waals surface area contributed by atoms with E-state index in [1.54, 1.807) is 4.90 Å². The third-order valence-electron chi connectivity index (χ3n) is 2.75. The minimum absolute atomic E-state index is 0.0313. The van der Waals surface area contributed by atoms with E-state index in [9.17, 15) is 4.79 Å². The van der Waals surface area contributed by atoms with Gasteiger partial charge in [0.25, 0.3) is 0 Å². The lowest BCUT2D eigenvalue weighted by Gasteiger charge is -2.27. The molecule has 0 radical (unpaired) electrons. The zero-order chi connectivity index (χ0) is 14.4. The smallest absolute Gasteiger partial charge is 0.410 e. The highest BCUT2D eigenvalue weighted by Crippen LogP contribution is 2.12. The summed E-state index contributed by atoms with van der Waals surface area (Å²) in [5, 5.41) is 9.00. The Bertz CT molecular complexity index is 398. The largest absolute Gasteiger partial charge is 0.447 e. The quantitative estimate of drug-likeness (QED) is 0.890. The normalized spacial score (nSPS) is 10.9. The average molecular weight is 265 g/mol. The van der Waals surface area contributed by atoms with Gasteiger partial charge in [-0.05, 0) is 38.8 Å². The predicted octanol–water partition coefficient (Wildman–Crippen LogP) is 2.93. The van der Waals surface area contributed by atoms with Gasteiger partial charge in [-0.1, -0.05) is 24.3 Å². The Kier molecular flexibility index (Phi) is 5.83. The Labute approximate surface area is 115 Å². The fourth-order valence-corrected chi connectivity index (χ4v) is 1.67. The van der Waals surface area contributed by atoms with E-state index in [0.717, 1.165) is 11.1 Å². The van der Waals surface area contributed by atoms with Crippen molar-refractivity contribution in [2.24, 2.45) is 0 Å². The lowest BCUT2D eigenvalue weighted by molar-refractivity contribution is 0.0652. The molecule has 1 aromatic carbocycles. The van der Waals surface area contributed by atoms with Gasteiger partial charge in [0.15, 0.2) is 0 Å². The van der Waals surface area contributed by atoms with E-state index in [4.69, 9.17) is 9.84 Å². The number of nitrogens with zero attached hydrogens (tertiary/aromatic N) is 1. The van der Waals surface area contributed by atoms with Crippen LogP contribution < -0.4 is 0 Å². The number of hydrogen-bond donors (Lipinski definition) is 1. The first kappa shape index (κ1) is 15.5. The van der Waals surface area contributed by atoms with Crippen molar-refractivity contribution in [1.82, 2.24) is 4.90 Å². The van der Waals surface area contributed by atoms with Crippen LogP contribution in [0.2, 0.25) is 0 Å². The molecule has 0 saturated carbocycles. The van der Waals surface area contributed by atoms with Crippen molar-refractivity contribution in [2.75, 3.05) is 0 Å². The summed E-state index contributed by atoms with van der Waals surface area (Å²) in [7, 11) is 0. The van der Waals surface area contributed by atoms with E-state index in [1.165, 1.54) is 0 Å². The molecule has 0 aromatic heterocycles. The molecule has 0 saturated heterocycles. The molecular weight excluding hydrogens is 242 g/mol. The second kappa shape index (κ2) is 7.14. The monoisotopic (exact) mass is 265 g/mol. The number of benzene rings is 1. The molecule has 0 spiro atoms. The number of carbonyl (C=O) groups is 1. The molecule has 1 amide bonds. The van der Waals surface area contributed by atoms with Crippen LogP contribution in [0, 0.1) is 0 Å². The summed E-state index contributed by atoms with van der Waals surface area (Å²) in [6.07, 6.45) is -0.415. The molecule has 4 nitrogen and oxygen atoms in total. The summed E-state index contributed by atoms with van der Waals surface area (Å²) in [5.74, 6) is 0. The van der Waals surface area contributed by atoms with Gasteiger partial charge in [0, 0.05) is 12.6 Å². The zero-order valence-electron chi connectivity index (χ0n) is 12.1. The van der Waals surface area contributed by atoms with Gasteiger partial charge in [-0.3, -0.25) is 0 Å². The van der Waals surface area contributed by atoms with Crippen molar-refractivity contribution in [3.63, 3.8) is 0 Å². The molecule has 0 bridgehead atoms. The standard InChI is InChI=1S/C15H23NO3/c1-11(2)16(15(18)19-12(3)4)9-13-5-7-14(10-17)8-6-13/h5-8,11-12,17H,9-10H2,1-4H3. The fraction of sp³-hybridized carbons (Fsp3) is 0.533. The Morgan fingerprint density at radius 2 is 1.68 bits per heavy atom. The van der Waals surface area contributed by atoms with Crippen LogP contribution in [0.15, 0.2) is 24.3 Å². The van der Waals surface area contributed by atoms with Crippen LogP contribution in [0.3, 0.4) is 0 Å².